The lowest BCUT2D eigenvalue weighted by Crippen LogP contribution is -2.06. The summed E-state index contributed by atoms with van der Waals surface area (Å²) in [7, 11) is 0. The van der Waals surface area contributed by atoms with Crippen LogP contribution >= 0.6 is 39.1 Å². The molecular weight excluding hydrogens is 341 g/mol. The van der Waals surface area contributed by atoms with Gasteiger partial charge in [0.2, 0.25) is 5.28 Å². The fourth-order valence-corrected chi connectivity index (χ4v) is 2.47. The molecule has 0 saturated carbocycles. The number of alkyl halides is 3. The zero-order valence-electron chi connectivity index (χ0n) is 7.92. The third-order valence-electron chi connectivity index (χ3n) is 1.92. The molecule has 0 N–H and O–H groups in total. The SMILES string of the molecule is FC(F)(F)c1cc(-c2nc(Cl)ns2)ccc1Br. The van der Waals surface area contributed by atoms with Gasteiger partial charge in [0.15, 0.2) is 0 Å². The Balaban J connectivity index is 2.51. The summed E-state index contributed by atoms with van der Waals surface area (Å²) in [6, 6.07) is 3.87. The highest BCUT2D eigenvalue weighted by molar-refractivity contribution is 9.10. The Kier molecular flexibility index (Phi) is 3.42. The van der Waals surface area contributed by atoms with E-state index < -0.39 is 11.7 Å². The predicted molar refractivity (Wildman–Crippen MR) is 63.1 cm³/mol. The summed E-state index contributed by atoms with van der Waals surface area (Å²) in [5, 5.41) is 0.384. The van der Waals surface area contributed by atoms with Gasteiger partial charge in [0.25, 0.3) is 0 Å². The number of hydrogen-bond acceptors (Lipinski definition) is 3. The van der Waals surface area contributed by atoms with Crippen LogP contribution in [-0.2, 0) is 6.18 Å². The molecule has 17 heavy (non-hydrogen) atoms. The Labute approximate surface area is 112 Å². The molecule has 1 heterocycles. The van der Waals surface area contributed by atoms with Crippen molar-refractivity contribution in [3.05, 3.63) is 33.5 Å². The highest BCUT2D eigenvalue weighted by Gasteiger charge is 2.33. The van der Waals surface area contributed by atoms with E-state index >= 15 is 0 Å². The molecule has 0 fully saturated rings. The first-order valence-electron chi connectivity index (χ1n) is 4.24. The highest BCUT2D eigenvalue weighted by Crippen LogP contribution is 2.37. The first kappa shape index (κ1) is 12.8. The van der Waals surface area contributed by atoms with Gasteiger partial charge >= 0.3 is 6.18 Å². The molecule has 0 atom stereocenters. The van der Waals surface area contributed by atoms with Crippen molar-refractivity contribution in [2.75, 3.05) is 0 Å². The number of rotatable bonds is 1. The number of benzene rings is 1. The van der Waals surface area contributed by atoms with Gasteiger partial charge in [-0.1, -0.05) is 22.0 Å². The summed E-state index contributed by atoms with van der Waals surface area (Å²) in [6.45, 7) is 0. The maximum atomic E-state index is 12.7. The van der Waals surface area contributed by atoms with Crippen molar-refractivity contribution in [2.45, 2.75) is 6.18 Å². The van der Waals surface area contributed by atoms with E-state index in [2.05, 4.69) is 25.3 Å². The molecule has 0 aliphatic heterocycles. The van der Waals surface area contributed by atoms with Gasteiger partial charge in [-0.05, 0) is 35.3 Å². The minimum absolute atomic E-state index is 0.00985. The van der Waals surface area contributed by atoms with Crippen LogP contribution in [0.4, 0.5) is 13.2 Å². The number of aromatic nitrogens is 2. The van der Waals surface area contributed by atoms with Crippen molar-refractivity contribution < 1.29 is 13.2 Å². The summed E-state index contributed by atoms with van der Waals surface area (Å²) in [5.74, 6) is 0. The fraction of sp³-hybridized carbons (Fsp3) is 0.111. The van der Waals surface area contributed by atoms with Crippen molar-refractivity contribution in [2.24, 2.45) is 0 Å². The predicted octanol–water partition coefficient (Wildman–Crippen LogP) is 4.64. The molecule has 0 aliphatic carbocycles. The molecule has 0 radical (unpaired) electrons. The fourth-order valence-electron chi connectivity index (χ4n) is 1.20. The van der Waals surface area contributed by atoms with Crippen LogP contribution in [0.15, 0.2) is 22.7 Å². The van der Waals surface area contributed by atoms with Gasteiger partial charge in [0.1, 0.15) is 5.01 Å². The van der Waals surface area contributed by atoms with E-state index in [9.17, 15) is 13.2 Å². The Morgan fingerprint density at radius 3 is 2.53 bits per heavy atom. The summed E-state index contributed by atoms with van der Waals surface area (Å²) >= 11 is 9.35. The second-order valence-corrected chi connectivity index (χ2v) is 5.01. The van der Waals surface area contributed by atoms with Crippen LogP contribution in [0.3, 0.4) is 0 Å². The van der Waals surface area contributed by atoms with Gasteiger partial charge in [-0.3, -0.25) is 0 Å². The maximum absolute atomic E-state index is 12.7. The van der Waals surface area contributed by atoms with Gasteiger partial charge in [-0.25, -0.2) is 4.98 Å². The van der Waals surface area contributed by atoms with Crippen LogP contribution < -0.4 is 0 Å². The molecule has 0 saturated heterocycles. The molecule has 1 aromatic heterocycles. The van der Waals surface area contributed by atoms with E-state index in [1.54, 1.807) is 0 Å². The molecule has 8 heteroatoms. The average molecular weight is 344 g/mol. The number of hydrogen-bond donors (Lipinski definition) is 0. The molecule has 2 aromatic rings. The molecule has 0 unspecified atom stereocenters. The Bertz CT molecular complexity index is 555. The lowest BCUT2D eigenvalue weighted by atomic mass is 10.1. The average Bonchev–Trinajstić information content (AvgIpc) is 2.64. The maximum Gasteiger partial charge on any atom is 0.417 e. The molecule has 0 bridgehead atoms. The van der Waals surface area contributed by atoms with Crippen molar-refractivity contribution in [3.8, 4) is 10.6 Å². The van der Waals surface area contributed by atoms with E-state index in [4.69, 9.17) is 11.6 Å². The number of halogens is 5. The van der Waals surface area contributed by atoms with Crippen LogP contribution in [0.25, 0.3) is 10.6 Å². The van der Waals surface area contributed by atoms with Crippen LogP contribution in [-0.4, -0.2) is 9.36 Å². The summed E-state index contributed by atoms with van der Waals surface area (Å²) in [5.41, 5.74) is -0.411. The Morgan fingerprint density at radius 1 is 1.29 bits per heavy atom. The van der Waals surface area contributed by atoms with E-state index in [1.165, 1.54) is 12.1 Å². The topological polar surface area (TPSA) is 25.8 Å². The van der Waals surface area contributed by atoms with Gasteiger partial charge in [-0.15, -0.1) is 0 Å². The first-order valence-corrected chi connectivity index (χ1v) is 6.18. The number of nitrogens with zero attached hydrogens (tertiary/aromatic N) is 2. The zero-order valence-corrected chi connectivity index (χ0v) is 11.1. The standard InChI is InChI=1S/C9H3BrClF3N2S/c10-6-2-1-4(3-5(6)9(12,13)14)7-15-8(11)16-17-7/h1-3H. The van der Waals surface area contributed by atoms with Gasteiger partial charge in [0, 0.05) is 10.0 Å². The summed E-state index contributed by atoms with van der Waals surface area (Å²) < 4.78 is 41.7. The molecule has 1 aromatic carbocycles. The molecule has 2 nitrogen and oxygen atoms in total. The quantitative estimate of drug-likeness (QED) is 0.754. The highest BCUT2D eigenvalue weighted by atomic mass is 79.9. The van der Waals surface area contributed by atoms with E-state index in [0.717, 1.165) is 17.6 Å². The third-order valence-corrected chi connectivity index (χ3v) is 3.64. The zero-order chi connectivity index (χ0) is 12.6. The van der Waals surface area contributed by atoms with Crippen molar-refractivity contribution >= 4 is 39.1 Å². The lowest BCUT2D eigenvalue weighted by Gasteiger charge is -2.09. The minimum atomic E-state index is -4.41. The van der Waals surface area contributed by atoms with Crippen LogP contribution in [0.2, 0.25) is 5.28 Å². The first-order chi connectivity index (χ1) is 7.88. The van der Waals surface area contributed by atoms with E-state index in [0.29, 0.717) is 10.6 Å². The smallest absolute Gasteiger partial charge is 0.205 e. The Morgan fingerprint density at radius 2 is 2.00 bits per heavy atom. The van der Waals surface area contributed by atoms with Crippen LogP contribution in [0, 0.1) is 0 Å². The van der Waals surface area contributed by atoms with Crippen molar-refractivity contribution in [1.29, 1.82) is 0 Å². The third kappa shape index (κ3) is 2.78. The molecule has 0 spiro atoms. The second kappa shape index (κ2) is 4.55. The molecular formula is C9H3BrClF3N2S. The summed E-state index contributed by atoms with van der Waals surface area (Å²) in [6.07, 6.45) is -4.41. The second-order valence-electron chi connectivity index (χ2n) is 3.06. The van der Waals surface area contributed by atoms with Crippen LogP contribution in [0.1, 0.15) is 5.56 Å². The molecule has 0 aliphatic rings. The molecule has 0 amide bonds. The summed E-state index contributed by atoms with van der Waals surface area (Å²) in [4.78, 5) is 3.82. The normalized spacial score (nSPS) is 11.8. The van der Waals surface area contributed by atoms with Crippen LogP contribution in [0.5, 0.6) is 0 Å². The molecule has 90 valence electrons. The lowest BCUT2D eigenvalue weighted by molar-refractivity contribution is -0.138. The monoisotopic (exact) mass is 342 g/mol. The van der Waals surface area contributed by atoms with E-state index in [-0.39, 0.29) is 9.76 Å². The van der Waals surface area contributed by atoms with Crippen molar-refractivity contribution in [3.63, 3.8) is 0 Å². The van der Waals surface area contributed by atoms with Crippen molar-refractivity contribution in [1.82, 2.24) is 9.36 Å². The van der Waals surface area contributed by atoms with E-state index in [1.807, 2.05) is 0 Å². The van der Waals surface area contributed by atoms with Gasteiger partial charge < -0.3 is 0 Å². The molecule has 2 rings (SSSR count). The Hall–Kier alpha value is -0.660. The van der Waals surface area contributed by atoms with Gasteiger partial charge in [0.05, 0.1) is 5.56 Å². The minimum Gasteiger partial charge on any atom is -0.205 e. The largest absolute Gasteiger partial charge is 0.417 e. The van der Waals surface area contributed by atoms with Gasteiger partial charge in [-0.2, -0.15) is 17.5 Å².